The lowest BCUT2D eigenvalue weighted by Gasteiger charge is -2.33. The van der Waals surface area contributed by atoms with Crippen molar-refractivity contribution in [3.63, 3.8) is 0 Å². The van der Waals surface area contributed by atoms with Crippen LogP contribution in [0.4, 0.5) is 0 Å². The van der Waals surface area contributed by atoms with Gasteiger partial charge in [0.15, 0.2) is 12.9 Å². The summed E-state index contributed by atoms with van der Waals surface area (Å²) in [7, 11) is 0. The van der Waals surface area contributed by atoms with Crippen molar-refractivity contribution >= 4 is 5.97 Å². The van der Waals surface area contributed by atoms with Gasteiger partial charge in [-0.1, -0.05) is 38.3 Å². The topological polar surface area (TPSA) is 83.5 Å². The van der Waals surface area contributed by atoms with E-state index in [4.69, 9.17) is 23.7 Å². The van der Waals surface area contributed by atoms with Crippen LogP contribution in [0.2, 0.25) is 0 Å². The van der Waals surface area contributed by atoms with Crippen LogP contribution in [0.1, 0.15) is 88.7 Å². The third-order valence-corrected chi connectivity index (χ3v) is 9.31. The molecule has 7 unspecified atom stereocenters. The maximum Gasteiger partial charge on any atom is 0.344 e. The summed E-state index contributed by atoms with van der Waals surface area (Å²) in [6.07, 6.45) is 13.1. The predicted octanol–water partition coefficient (Wildman–Crippen LogP) is 5.38. The molecule has 2 aliphatic heterocycles. The average molecular weight is 545 g/mol. The number of benzene rings is 1. The summed E-state index contributed by atoms with van der Waals surface area (Å²) >= 11 is 0. The number of fused-ring (bicyclic) bond motifs is 2. The molecule has 2 saturated heterocycles. The normalized spacial score (nSPS) is 30.9. The van der Waals surface area contributed by atoms with Gasteiger partial charge in [-0.15, -0.1) is 0 Å². The molecule has 1 aromatic rings. The lowest BCUT2D eigenvalue weighted by molar-refractivity contribution is -0.191. The van der Waals surface area contributed by atoms with Crippen molar-refractivity contribution in [3.05, 3.63) is 29.3 Å². The van der Waals surface area contributed by atoms with E-state index in [0.29, 0.717) is 31.0 Å². The Morgan fingerprint density at radius 3 is 2.85 bits per heavy atom. The summed E-state index contributed by atoms with van der Waals surface area (Å²) in [6, 6.07) is 6.16. The van der Waals surface area contributed by atoms with E-state index < -0.39 is 0 Å². The smallest absolute Gasteiger partial charge is 0.344 e. The highest BCUT2D eigenvalue weighted by Crippen LogP contribution is 2.48. The number of aliphatic hydroxyl groups excluding tert-OH is 1. The van der Waals surface area contributed by atoms with Crippen LogP contribution in [0, 0.1) is 17.8 Å². The average Bonchev–Trinajstić information content (AvgIpc) is 3.56. The molecule has 3 fully saturated rings. The summed E-state index contributed by atoms with van der Waals surface area (Å²) < 4.78 is 29.1. The minimum Gasteiger partial charge on any atom is -0.482 e. The summed E-state index contributed by atoms with van der Waals surface area (Å²) in [5.74, 6) is 1.63. The lowest BCUT2D eigenvalue weighted by atomic mass is 9.73. The first kappa shape index (κ1) is 28.8. The number of aliphatic hydroxyl groups is 1. The van der Waals surface area contributed by atoms with Crippen molar-refractivity contribution in [3.8, 4) is 5.75 Å². The lowest BCUT2D eigenvalue weighted by Crippen LogP contribution is -2.31. The number of carbonyl (C=O) groups is 1. The van der Waals surface area contributed by atoms with Crippen LogP contribution >= 0.6 is 0 Å². The molecule has 0 amide bonds. The second-order valence-electron chi connectivity index (χ2n) is 12.1. The highest BCUT2D eigenvalue weighted by atomic mass is 16.7. The minimum absolute atomic E-state index is 0.0598. The molecule has 2 heterocycles. The van der Waals surface area contributed by atoms with Crippen molar-refractivity contribution in [2.24, 2.45) is 17.8 Å². The zero-order valence-electron chi connectivity index (χ0n) is 23.7. The van der Waals surface area contributed by atoms with Gasteiger partial charge < -0.3 is 28.8 Å². The van der Waals surface area contributed by atoms with Crippen molar-refractivity contribution in [2.45, 2.75) is 115 Å². The molecular weight excluding hydrogens is 496 g/mol. The van der Waals surface area contributed by atoms with Gasteiger partial charge in [-0.25, -0.2) is 4.79 Å². The number of carbonyl (C=O) groups excluding carboxylic acids is 1. The molecule has 4 aliphatic rings. The Bertz CT molecular complexity index is 908. The van der Waals surface area contributed by atoms with E-state index in [2.05, 4.69) is 13.0 Å². The fraction of sp³-hybridized carbons (Fsp3) is 0.781. The fourth-order valence-corrected chi connectivity index (χ4v) is 7.22. The highest BCUT2D eigenvalue weighted by Gasteiger charge is 2.45. The van der Waals surface area contributed by atoms with E-state index in [-0.39, 0.29) is 37.2 Å². The molecule has 1 aromatic carbocycles. The first-order valence-corrected chi connectivity index (χ1v) is 15.6. The van der Waals surface area contributed by atoms with Crippen LogP contribution in [0.5, 0.6) is 5.75 Å². The van der Waals surface area contributed by atoms with Gasteiger partial charge in [0, 0.05) is 13.0 Å². The molecule has 7 nitrogen and oxygen atoms in total. The highest BCUT2D eigenvalue weighted by molar-refractivity contribution is 5.71. The van der Waals surface area contributed by atoms with Gasteiger partial charge in [0.05, 0.1) is 25.4 Å². The van der Waals surface area contributed by atoms with Gasteiger partial charge in [-0.2, -0.15) is 0 Å². The van der Waals surface area contributed by atoms with Crippen LogP contribution in [-0.2, 0) is 36.6 Å². The van der Waals surface area contributed by atoms with Gasteiger partial charge in [0.1, 0.15) is 11.9 Å². The first-order chi connectivity index (χ1) is 19.1. The van der Waals surface area contributed by atoms with Gasteiger partial charge >= 0.3 is 5.97 Å². The van der Waals surface area contributed by atoms with Crippen molar-refractivity contribution in [1.29, 1.82) is 0 Å². The molecule has 7 atom stereocenters. The number of rotatable bonds is 13. The molecule has 0 aromatic heterocycles. The SMILES string of the molecule is CCCCCC(CCC1C(O)CC2Cc3c(cccc3OCC(=O)OC3CCOC3)CC21)OC1CCCCO1. The van der Waals surface area contributed by atoms with Crippen LogP contribution < -0.4 is 4.74 Å². The second kappa shape index (κ2) is 14.3. The van der Waals surface area contributed by atoms with Gasteiger partial charge in [0.25, 0.3) is 0 Å². The van der Waals surface area contributed by atoms with Crippen LogP contribution in [-0.4, -0.2) is 62.1 Å². The van der Waals surface area contributed by atoms with Crippen LogP contribution in [0.3, 0.4) is 0 Å². The molecule has 0 bridgehead atoms. The van der Waals surface area contributed by atoms with E-state index in [9.17, 15) is 9.90 Å². The molecule has 1 N–H and O–H groups in total. The maximum atomic E-state index is 12.3. The molecule has 1 saturated carbocycles. The van der Waals surface area contributed by atoms with E-state index in [0.717, 1.165) is 70.1 Å². The Labute approximate surface area is 233 Å². The second-order valence-corrected chi connectivity index (χ2v) is 12.1. The van der Waals surface area contributed by atoms with E-state index in [1.165, 1.54) is 36.8 Å². The largest absolute Gasteiger partial charge is 0.482 e. The molecule has 0 spiro atoms. The van der Waals surface area contributed by atoms with Crippen LogP contribution in [0.25, 0.3) is 0 Å². The number of ether oxygens (including phenoxy) is 5. The Morgan fingerprint density at radius 2 is 2.05 bits per heavy atom. The van der Waals surface area contributed by atoms with E-state index in [1.807, 2.05) is 12.1 Å². The van der Waals surface area contributed by atoms with Crippen molar-refractivity contribution < 1.29 is 33.6 Å². The standard InChI is InChI=1S/C32H48O7/c1-2-3-4-9-24(39-32-11-5-6-15-36-32)12-13-26-27-17-22-8-7-10-30(28(22)18-23(27)19-29(26)33)37-21-31(34)38-25-14-16-35-20-25/h7-8,10,23-27,29,32-33H,2-6,9,11-21H2,1H3. The summed E-state index contributed by atoms with van der Waals surface area (Å²) in [5.41, 5.74) is 2.48. The Kier molecular flexibility index (Phi) is 10.6. The monoisotopic (exact) mass is 544 g/mol. The minimum atomic E-state index is -0.345. The third kappa shape index (κ3) is 7.75. The molecule has 5 rings (SSSR count). The summed E-state index contributed by atoms with van der Waals surface area (Å²) in [6.45, 7) is 4.07. The molecule has 7 heteroatoms. The maximum absolute atomic E-state index is 12.3. The van der Waals surface area contributed by atoms with Gasteiger partial charge in [-0.3, -0.25) is 0 Å². The van der Waals surface area contributed by atoms with Crippen LogP contribution in [0.15, 0.2) is 18.2 Å². The quantitative estimate of drug-likeness (QED) is 0.264. The molecule has 0 radical (unpaired) electrons. The van der Waals surface area contributed by atoms with E-state index >= 15 is 0 Å². The Morgan fingerprint density at radius 1 is 1.13 bits per heavy atom. The first-order valence-electron chi connectivity index (χ1n) is 15.6. The van der Waals surface area contributed by atoms with Crippen molar-refractivity contribution in [1.82, 2.24) is 0 Å². The van der Waals surface area contributed by atoms with E-state index in [1.54, 1.807) is 0 Å². The summed E-state index contributed by atoms with van der Waals surface area (Å²) in [4.78, 5) is 12.3. The third-order valence-electron chi connectivity index (χ3n) is 9.31. The fourth-order valence-electron chi connectivity index (χ4n) is 7.22. The predicted molar refractivity (Wildman–Crippen MR) is 148 cm³/mol. The molecule has 2 aliphatic carbocycles. The zero-order chi connectivity index (χ0) is 27.0. The van der Waals surface area contributed by atoms with Gasteiger partial charge in [-0.05, 0) is 92.7 Å². The number of esters is 1. The molecular formula is C32H48O7. The molecule has 218 valence electrons. The van der Waals surface area contributed by atoms with Crippen molar-refractivity contribution in [2.75, 3.05) is 26.4 Å². The summed E-state index contributed by atoms with van der Waals surface area (Å²) in [5, 5.41) is 11.2. The Hall–Kier alpha value is -1.67. The number of unbranched alkanes of at least 4 members (excludes halogenated alkanes) is 2. The number of hydrogen-bond donors (Lipinski definition) is 1. The number of hydrogen-bond acceptors (Lipinski definition) is 7. The zero-order valence-corrected chi connectivity index (χ0v) is 23.7. The molecule has 39 heavy (non-hydrogen) atoms. The Balaban J connectivity index is 1.17. The van der Waals surface area contributed by atoms with Gasteiger partial charge in [0.2, 0.25) is 0 Å².